The van der Waals surface area contributed by atoms with Crippen LogP contribution in [0.2, 0.25) is 0 Å². The molecule has 0 N–H and O–H groups in total. The van der Waals surface area contributed by atoms with Crippen LogP contribution in [0.5, 0.6) is 0 Å². The lowest BCUT2D eigenvalue weighted by molar-refractivity contribution is -0.139. The molecule has 0 saturated heterocycles. The standard InChI is InChI=1S/C26H29NO2S/c1-18-15-16-22(19(2)17-18)23-24(30-21-13-9-6-10-14-21)26(29)27(25(23)28)20-11-7-4-3-5-8-12-20/h6,9-10,13-17,20H,3-5,7-8,11-12H2,1-2H3. The van der Waals surface area contributed by atoms with E-state index in [1.54, 1.807) is 4.90 Å². The van der Waals surface area contributed by atoms with Crippen molar-refractivity contribution in [1.29, 1.82) is 0 Å². The van der Waals surface area contributed by atoms with Gasteiger partial charge in [-0.05, 0) is 49.9 Å². The van der Waals surface area contributed by atoms with Gasteiger partial charge in [0.05, 0.1) is 10.5 Å². The molecular formula is C26H29NO2S. The van der Waals surface area contributed by atoms with E-state index in [0.717, 1.165) is 47.3 Å². The third-order valence-electron chi connectivity index (χ3n) is 6.13. The largest absolute Gasteiger partial charge is 0.271 e. The number of benzene rings is 2. The Morgan fingerprint density at radius 2 is 1.50 bits per heavy atom. The summed E-state index contributed by atoms with van der Waals surface area (Å²) < 4.78 is 0. The fraction of sp³-hybridized carbons (Fsp3) is 0.385. The molecule has 1 aliphatic heterocycles. The van der Waals surface area contributed by atoms with Crippen LogP contribution in [0, 0.1) is 13.8 Å². The third kappa shape index (κ3) is 4.24. The van der Waals surface area contributed by atoms with Crippen LogP contribution in [-0.2, 0) is 9.59 Å². The van der Waals surface area contributed by atoms with Crippen molar-refractivity contribution in [2.24, 2.45) is 0 Å². The smallest absolute Gasteiger partial charge is 0.268 e. The second-order valence-electron chi connectivity index (χ2n) is 8.42. The Morgan fingerprint density at radius 3 is 2.17 bits per heavy atom. The van der Waals surface area contributed by atoms with Crippen LogP contribution in [0.25, 0.3) is 5.57 Å². The molecule has 0 aromatic heterocycles. The van der Waals surface area contributed by atoms with Crippen molar-refractivity contribution < 1.29 is 9.59 Å². The van der Waals surface area contributed by atoms with Crippen molar-refractivity contribution in [2.75, 3.05) is 0 Å². The van der Waals surface area contributed by atoms with Gasteiger partial charge in [-0.1, -0.05) is 85.8 Å². The number of amides is 2. The topological polar surface area (TPSA) is 37.4 Å². The lowest BCUT2D eigenvalue weighted by Crippen LogP contribution is -2.41. The number of aryl methyl sites for hydroxylation is 2. The maximum atomic E-state index is 13.7. The first-order chi connectivity index (χ1) is 14.6. The number of thioether (sulfide) groups is 1. The molecule has 1 aliphatic carbocycles. The van der Waals surface area contributed by atoms with Gasteiger partial charge in [0.25, 0.3) is 11.8 Å². The first kappa shape index (κ1) is 20.9. The van der Waals surface area contributed by atoms with Crippen LogP contribution in [0.3, 0.4) is 0 Å². The molecule has 0 bridgehead atoms. The highest BCUT2D eigenvalue weighted by Gasteiger charge is 2.43. The van der Waals surface area contributed by atoms with Gasteiger partial charge in [0.2, 0.25) is 0 Å². The lowest BCUT2D eigenvalue weighted by Gasteiger charge is -2.28. The number of carbonyl (C=O) groups is 2. The highest BCUT2D eigenvalue weighted by Crippen LogP contribution is 2.42. The molecular weight excluding hydrogens is 390 g/mol. The molecule has 1 fully saturated rings. The molecule has 0 unspecified atom stereocenters. The molecule has 2 amide bonds. The zero-order chi connectivity index (χ0) is 21.1. The lowest BCUT2D eigenvalue weighted by atomic mass is 9.95. The van der Waals surface area contributed by atoms with Crippen LogP contribution in [0.1, 0.15) is 61.6 Å². The average molecular weight is 420 g/mol. The minimum Gasteiger partial charge on any atom is -0.271 e. The third-order valence-corrected chi connectivity index (χ3v) is 7.22. The van der Waals surface area contributed by atoms with Crippen LogP contribution in [0.15, 0.2) is 58.3 Å². The molecule has 2 aliphatic rings. The predicted octanol–water partition coefficient (Wildman–Crippen LogP) is 6.29. The second kappa shape index (κ2) is 9.22. The molecule has 3 nitrogen and oxygen atoms in total. The van der Waals surface area contributed by atoms with Crippen LogP contribution in [0.4, 0.5) is 0 Å². The van der Waals surface area contributed by atoms with Crippen molar-refractivity contribution in [3.8, 4) is 0 Å². The van der Waals surface area contributed by atoms with Gasteiger partial charge in [-0.15, -0.1) is 0 Å². The SMILES string of the molecule is Cc1ccc(C2=C(Sc3ccccc3)C(=O)N(C3CCCCCCC3)C2=O)c(C)c1. The van der Waals surface area contributed by atoms with E-state index in [-0.39, 0.29) is 17.9 Å². The van der Waals surface area contributed by atoms with E-state index in [0.29, 0.717) is 10.5 Å². The predicted molar refractivity (Wildman–Crippen MR) is 123 cm³/mol. The molecule has 0 radical (unpaired) electrons. The Kier molecular flexibility index (Phi) is 6.43. The second-order valence-corrected chi connectivity index (χ2v) is 9.50. The Morgan fingerprint density at radius 1 is 0.833 bits per heavy atom. The number of hydrogen-bond donors (Lipinski definition) is 0. The molecule has 4 rings (SSSR count). The van der Waals surface area contributed by atoms with Gasteiger partial charge in [-0.3, -0.25) is 14.5 Å². The zero-order valence-corrected chi connectivity index (χ0v) is 18.6. The summed E-state index contributed by atoms with van der Waals surface area (Å²) in [5, 5.41) is 0. The van der Waals surface area contributed by atoms with E-state index in [2.05, 4.69) is 6.07 Å². The van der Waals surface area contributed by atoms with E-state index in [1.807, 2.05) is 56.3 Å². The van der Waals surface area contributed by atoms with Crippen LogP contribution in [-0.4, -0.2) is 22.8 Å². The molecule has 1 heterocycles. The van der Waals surface area contributed by atoms with Gasteiger partial charge in [0.15, 0.2) is 0 Å². The van der Waals surface area contributed by atoms with Crippen molar-refractivity contribution in [3.63, 3.8) is 0 Å². The van der Waals surface area contributed by atoms with Crippen molar-refractivity contribution in [3.05, 3.63) is 70.1 Å². The molecule has 4 heteroatoms. The summed E-state index contributed by atoms with van der Waals surface area (Å²) in [4.78, 5) is 30.4. The van der Waals surface area contributed by atoms with Gasteiger partial charge in [0, 0.05) is 10.9 Å². The van der Waals surface area contributed by atoms with Crippen molar-refractivity contribution >= 4 is 29.1 Å². The summed E-state index contributed by atoms with van der Waals surface area (Å²) in [7, 11) is 0. The van der Waals surface area contributed by atoms with Gasteiger partial charge < -0.3 is 0 Å². The molecule has 156 valence electrons. The van der Waals surface area contributed by atoms with Crippen LogP contribution >= 0.6 is 11.8 Å². The minimum atomic E-state index is -0.116. The van der Waals surface area contributed by atoms with Crippen molar-refractivity contribution in [1.82, 2.24) is 4.90 Å². The minimum absolute atomic E-state index is 0.0138. The van der Waals surface area contributed by atoms with Gasteiger partial charge in [-0.25, -0.2) is 0 Å². The van der Waals surface area contributed by atoms with Gasteiger partial charge in [-0.2, -0.15) is 0 Å². The molecule has 2 aromatic rings. The Labute approximate surface area is 183 Å². The van der Waals surface area contributed by atoms with E-state index in [9.17, 15) is 9.59 Å². The van der Waals surface area contributed by atoms with E-state index >= 15 is 0 Å². The first-order valence-electron chi connectivity index (χ1n) is 11.0. The van der Waals surface area contributed by atoms with E-state index < -0.39 is 0 Å². The monoisotopic (exact) mass is 419 g/mol. The number of imide groups is 1. The summed E-state index contributed by atoms with van der Waals surface area (Å²) >= 11 is 1.42. The van der Waals surface area contributed by atoms with E-state index in [4.69, 9.17) is 0 Å². The summed E-state index contributed by atoms with van der Waals surface area (Å²) in [6.45, 7) is 4.07. The Bertz CT molecular complexity index is 972. The van der Waals surface area contributed by atoms with Gasteiger partial charge >= 0.3 is 0 Å². The maximum Gasteiger partial charge on any atom is 0.268 e. The quantitative estimate of drug-likeness (QED) is 0.547. The first-order valence-corrected chi connectivity index (χ1v) is 11.8. The number of nitrogens with zero attached hydrogens (tertiary/aromatic N) is 1. The van der Waals surface area contributed by atoms with Gasteiger partial charge in [0.1, 0.15) is 0 Å². The molecule has 0 spiro atoms. The number of rotatable bonds is 4. The number of hydrogen-bond acceptors (Lipinski definition) is 3. The summed E-state index contributed by atoms with van der Waals surface area (Å²) in [6.07, 6.45) is 7.65. The molecule has 30 heavy (non-hydrogen) atoms. The zero-order valence-electron chi connectivity index (χ0n) is 17.8. The highest BCUT2D eigenvalue weighted by molar-refractivity contribution is 8.04. The summed E-state index contributed by atoms with van der Waals surface area (Å²) in [5.41, 5.74) is 3.65. The molecule has 0 atom stereocenters. The Balaban J connectivity index is 1.75. The normalized spacial score (nSPS) is 18.7. The number of carbonyl (C=O) groups excluding carboxylic acids is 2. The molecule has 1 saturated carbocycles. The fourth-order valence-corrected chi connectivity index (χ4v) is 5.60. The summed E-state index contributed by atoms with van der Waals surface area (Å²) in [5.74, 6) is -0.231. The van der Waals surface area contributed by atoms with E-state index in [1.165, 1.54) is 31.0 Å². The molecule has 2 aromatic carbocycles. The average Bonchev–Trinajstić information content (AvgIpc) is 2.93. The maximum absolute atomic E-state index is 13.7. The fourth-order valence-electron chi connectivity index (χ4n) is 4.58. The van der Waals surface area contributed by atoms with Crippen LogP contribution < -0.4 is 0 Å². The summed E-state index contributed by atoms with van der Waals surface area (Å²) in [6, 6.07) is 16.0. The van der Waals surface area contributed by atoms with Crippen molar-refractivity contribution in [2.45, 2.75) is 69.7 Å². The Hall–Kier alpha value is -2.33. The highest BCUT2D eigenvalue weighted by atomic mass is 32.2.